The molecule has 0 saturated carbocycles. The smallest absolute Gasteiger partial charge is 0.258 e. The third kappa shape index (κ3) is 3.48. The average molecular weight is 425 g/mol. The molecule has 1 aromatic heterocycles. The van der Waals surface area contributed by atoms with Gasteiger partial charge in [0.2, 0.25) is 0 Å². The SMILES string of the molecule is CC(CN1CCCC1)CN1Cc2cc3c(cc2C1=O)CC(c1c(Cl)cc[nH]c1=O)=N3. The third-order valence-corrected chi connectivity index (χ3v) is 6.61. The van der Waals surface area contributed by atoms with Crippen molar-refractivity contribution in [1.29, 1.82) is 0 Å². The van der Waals surface area contributed by atoms with Crippen molar-refractivity contribution in [2.24, 2.45) is 10.9 Å². The minimum atomic E-state index is -0.240. The molecule has 1 atom stereocenters. The molecule has 0 bridgehead atoms. The van der Waals surface area contributed by atoms with Gasteiger partial charge in [-0.2, -0.15) is 0 Å². The van der Waals surface area contributed by atoms with Crippen LogP contribution >= 0.6 is 11.6 Å². The quantitative estimate of drug-likeness (QED) is 0.799. The fourth-order valence-electron chi connectivity index (χ4n) is 4.92. The van der Waals surface area contributed by atoms with Crippen molar-refractivity contribution in [3.8, 4) is 0 Å². The average Bonchev–Trinajstić information content (AvgIpc) is 3.41. The minimum Gasteiger partial charge on any atom is -0.334 e. The Morgan fingerprint density at radius 3 is 2.73 bits per heavy atom. The summed E-state index contributed by atoms with van der Waals surface area (Å²) >= 11 is 6.24. The summed E-state index contributed by atoms with van der Waals surface area (Å²) in [4.78, 5) is 37.0. The van der Waals surface area contributed by atoms with Gasteiger partial charge >= 0.3 is 0 Å². The number of benzene rings is 1. The largest absolute Gasteiger partial charge is 0.334 e. The van der Waals surface area contributed by atoms with Crippen LogP contribution < -0.4 is 5.56 Å². The Kier molecular flexibility index (Phi) is 4.99. The zero-order valence-electron chi connectivity index (χ0n) is 17.1. The summed E-state index contributed by atoms with van der Waals surface area (Å²) < 4.78 is 0. The van der Waals surface area contributed by atoms with Crippen LogP contribution in [-0.2, 0) is 13.0 Å². The van der Waals surface area contributed by atoms with Crippen molar-refractivity contribution in [1.82, 2.24) is 14.8 Å². The summed E-state index contributed by atoms with van der Waals surface area (Å²) in [5, 5.41) is 0.395. The molecule has 1 N–H and O–H groups in total. The van der Waals surface area contributed by atoms with Crippen LogP contribution in [0.15, 0.2) is 34.2 Å². The minimum absolute atomic E-state index is 0.102. The molecule has 4 heterocycles. The van der Waals surface area contributed by atoms with Gasteiger partial charge in [0.05, 0.1) is 22.0 Å². The number of hydrogen-bond donors (Lipinski definition) is 1. The van der Waals surface area contributed by atoms with Gasteiger partial charge < -0.3 is 14.8 Å². The highest BCUT2D eigenvalue weighted by atomic mass is 35.5. The molecule has 1 aromatic carbocycles. The Bertz CT molecular complexity index is 1100. The summed E-state index contributed by atoms with van der Waals surface area (Å²) in [6.07, 6.45) is 4.61. The van der Waals surface area contributed by atoms with E-state index < -0.39 is 0 Å². The van der Waals surface area contributed by atoms with Crippen molar-refractivity contribution < 1.29 is 4.79 Å². The molecule has 5 rings (SSSR count). The first-order valence-corrected chi connectivity index (χ1v) is 11.0. The molecule has 156 valence electrons. The lowest BCUT2D eigenvalue weighted by molar-refractivity contribution is 0.0744. The Balaban J connectivity index is 1.34. The van der Waals surface area contributed by atoms with E-state index in [1.807, 2.05) is 17.0 Å². The first kappa shape index (κ1) is 19.5. The maximum Gasteiger partial charge on any atom is 0.258 e. The van der Waals surface area contributed by atoms with Gasteiger partial charge in [0.25, 0.3) is 11.5 Å². The van der Waals surface area contributed by atoms with Crippen LogP contribution in [0.4, 0.5) is 5.69 Å². The molecular weight excluding hydrogens is 400 g/mol. The molecule has 3 aliphatic heterocycles. The molecule has 0 radical (unpaired) electrons. The van der Waals surface area contributed by atoms with Crippen molar-refractivity contribution in [2.45, 2.75) is 32.7 Å². The molecule has 3 aliphatic rings. The molecule has 0 spiro atoms. The summed E-state index contributed by atoms with van der Waals surface area (Å²) in [7, 11) is 0. The normalized spacial score (nSPS) is 19.2. The van der Waals surface area contributed by atoms with Crippen LogP contribution in [0.25, 0.3) is 0 Å². The highest BCUT2D eigenvalue weighted by Gasteiger charge is 2.32. The summed E-state index contributed by atoms with van der Waals surface area (Å²) in [6.45, 7) is 7.05. The van der Waals surface area contributed by atoms with Crippen LogP contribution in [0.2, 0.25) is 5.02 Å². The Morgan fingerprint density at radius 2 is 1.97 bits per heavy atom. The number of aliphatic imine (C=N–C) groups is 1. The first-order chi connectivity index (χ1) is 14.5. The highest BCUT2D eigenvalue weighted by molar-refractivity contribution is 6.34. The van der Waals surface area contributed by atoms with Crippen LogP contribution in [-0.4, -0.2) is 52.6 Å². The van der Waals surface area contributed by atoms with E-state index in [2.05, 4.69) is 21.8 Å². The molecular formula is C23H25ClN4O2. The van der Waals surface area contributed by atoms with E-state index >= 15 is 0 Å². The van der Waals surface area contributed by atoms with Crippen molar-refractivity contribution >= 4 is 28.9 Å². The maximum atomic E-state index is 13.0. The van der Waals surface area contributed by atoms with Crippen molar-refractivity contribution in [3.63, 3.8) is 0 Å². The highest BCUT2D eigenvalue weighted by Crippen LogP contribution is 2.36. The molecule has 1 fully saturated rings. The van der Waals surface area contributed by atoms with Crippen LogP contribution in [0.3, 0.4) is 0 Å². The second-order valence-corrected chi connectivity index (χ2v) is 9.11. The van der Waals surface area contributed by atoms with Crippen LogP contribution in [0.1, 0.15) is 46.8 Å². The summed E-state index contributed by atoms with van der Waals surface area (Å²) in [6, 6.07) is 5.62. The van der Waals surface area contributed by atoms with Gasteiger partial charge in [-0.1, -0.05) is 18.5 Å². The lowest BCUT2D eigenvalue weighted by Gasteiger charge is -2.24. The van der Waals surface area contributed by atoms with Crippen LogP contribution in [0.5, 0.6) is 0 Å². The van der Waals surface area contributed by atoms with Crippen molar-refractivity contribution in [3.05, 3.63) is 62.0 Å². The Labute approximate surface area is 180 Å². The molecule has 0 aliphatic carbocycles. The number of H-pyrrole nitrogens is 1. The van der Waals surface area contributed by atoms with Crippen molar-refractivity contribution in [2.75, 3.05) is 26.2 Å². The number of nitrogens with one attached hydrogen (secondary N) is 1. The molecule has 2 aromatic rings. The predicted molar refractivity (Wildman–Crippen MR) is 118 cm³/mol. The number of aromatic nitrogens is 1. The first-order valence-electron chi connectivity index (χ1n) is 10.6. The number of hydrogen-bond acceptors (Lipinski definition) is 4. The van der Waals surface area contributed by atoms with E-state index in [-0.39, 0.29) is 11.5 Å². The van der Waals surface area contributed by atoms with Gasteiger partial charge in [-0.05, 0) is 61.2 Å². The number of pyridine rings is 1. The zero-order chi connectivity index (χ0) is 20.8. The van der Waals surface area contributed by atoms with Gasteiger partial charge in [-0.25, -0.2) is 0 Å². The van der Waals surface area contributed by atoms with Gasteiger partial charge in [0.1, 0.15) is 0 Å². The van der Waals surface area contributed by atoms with Gasteiger partial charge in [-0.3, -0.25) is 14.6 Å². The van der Waals surface area contributed by atoms with E-state index in [1.54, 1.807) is 6.07 Å². The number of fused-ring (bicyclic) bond motifs is 2. The number of nitrogens with zero attached hydrogens (tertiary/aromatic N) is 3. The molecule has 30 heavy (non-hydrogen) atoms. The molecule has 1 saturated heterocycles. The van der Waals surface area contributed by atoms with E-state index in [9.17, 15) is 9.59 Å². The number of carbonyl (C=O) groups is 1. The second-order valence-electron chi connectivity index (χ2n) is 8.70. The van der Waals surface area contributed by atoms with Gasteiger partial charge in [-0.15, -0.1) is 0 Å². The van der Waals surface area contributed by atoms with Gasteiger partial charge in [0.15, 0.2) is 0 Å². The monoisotopic (exact) mass is 424 g/mol. The Morgan fingerprint density at radius 1 is 1.17 bits per heavy atom. The number of carbonyl (C=O) groups excluding carboxylic acids is 1. The van der Waals surface area contributed by atoms with Crippen LogP contribution in [0, 0.1) is 5.92 Å². The maximum absolute atomic E-state index is 13.0. The number of aromatic amines is 1. The van der Waals surface area contributed by atoms with E-state index in [4.69, 9.17) is 11.6 Å². The molecule has 7 heteroatoms. The molecule has 6 nitrogen and oxygen atoms in total. The third-order valence-electron chi connectivity index (χ3n) is 6.30. The van der Waals surface area contributed by atoms with E-state index in [1.165, 1.54) is 32.1 Å². The fourth-order valence-corrected chi connectivity index (χ4v) is 5.18. The lowest BCUT2D eigenvalue weighted by atomic mass is 10.0. The fraction of sp³-hybridized carbons (Fsp3) is 0.435. The topological polar surface area (TPSA) is 68.8 Å². The van der Waals surface area contributed by atoms with E-state index in [0.29, 0.717) is 35.2 Å². The molecule has 1 amide bonds. The number of rotatable bonds is 5. The zero-order valence-corrected chi connectivity index (χ0v) is 17.8. The lowest BCUT2D eigenvalue weighted by Crippen LogP contribution is -2.34. The standard InChI is InChI=1S/C23H25ClN4O2/c1-14(11-27-6-2-3-7-27)12-28-13-16-10-19-15(8-17(16)23(28)30)9-20(26-19)21-18(24)4-5-25-22(21)29/h4-5,8,10,14H,2-3,6-7,9,11-13H2,1H3,(H,25,29). The second kappa shape index (κ2) is 7.67. The Hall–Kier alpha value is -2.44. The predicted octanol–water partition coefficient (Wildman–Crippen LogP) is 3.39. The summed E-state index contributed by atoms with van der Waals surface area (Å²) in [5.74, 6) is 0.551. The van der Waals surface area contributed by atoms with Gasteiger partial charge in [0, 0.05) is 37.8 Å². The van der Waals surface area contributed by atoms with E-state index in [0.717, 1.165) is 35.5 Å². The summed E-state index contributed by atoms with van der Waals surface area (Å²) in [5.41, 5.74) is 4.43. The molecule has 1 unspecified atom stereocenters. The number of amides is 1. The number of halogens is 1. The number of likely N-dealkylation sites (tertiary alicyclic amines) is 1.